The largest absolute Gasteiger partial charge is 0.491 e. The molecule has 0 saturated heterocycles. The highest BCUT2D eigenvalue weighted by atomic mass is 32.2. The molecule has 6 nitrogen and oxygen atoms in total. The summed E-state index contributed by atoms with van der Waals surface area (Å²) < 4.78 is 70.5. The van der Waals surface area contributed by atoms with Crippen molar-refractivity contribution < 1.29 is 31.4 Å². The van der Waals surface area contributed by atoms with Crippen LogP contribution >= 0.6 is 0 Å². The predicted molar refractivity (Wildman–Crippen MR) is 90.1 cm³/mol. The lowest BCUT2D eigenvalue weighted by molar-refractivity contribution is 0.110. The third-order valence-electron chi connectivity index (χ3n) is 4.05. The number of benzene rings is 2. The van der Waals surface area contributed by atoms with E-state index in [9.17, 15) is 17.2 Å². The molecule has 140 valence electrons. The summed E-state index contributed by atoms with van der Waals surface area (Å²) in [5, 5.41) is 0. The molecule has 2 aromatic rings. The molecule has 0 radical (unpaired) electrons. The molecule has 1 N–H and O–H groups in total. The van der Waals surface area contributed by atoms with Gasteiger partial charge in [-0.2, -0.15) is 4.39 Å². The zero-order valence-electron chi connectivity index (χ0n) is 14.1. The van der Waals surface area contributed by atoms with Gasteiger partial charge in [0.25, 0.3) is 10.0 Å². The van der Waals surface area contributed by atoms with E-state index in [-0.39, 0.29) is 10.6 Å². The minimum absolute atomic E-state index is 0.0413. The van der Waals surface area contributed by atoms with Gasteiger partial charge < -0.3 is 14.2 Å². The standard InChI is InChI=1S/C17H17F2NO5S/c1-23-16-13(18)8-14(17(24-2)15(16)19)20-26(21,22)12-4-3-10-5-6-25-9-11(10)7-12/h3-4,7-8,20H,5-6,9H2,1-2H3. The molecular weight excluding hydrogens is 368 g/mol. The topological polar surface area (TPSA) is 73.9 Å². The van der Waals surface area contributed by atoms with Crippen LogP contribution in [0.1, 0.15) is 11.1 Å². The summed E-state index contributed by atoms with van der Waals surface area (Å²) in [5.74, 6) is -3.31. The van der Waals surface area contributed by atoms with Gasteiger partial charge in [0.15, 0.2) is 17.3 Å². The molecule has 0 spiro atoms. The number of ether oxygens (including phenoxy) is 3. The summed E-state index contributed by atoms with van der Waals surface area (Å²) in [6.07, 6.45) is 0.700. The molecule has 2 aromatic carbocycles. The van der Waals surface area contributed by atoms with Crippen LogP contribution < -0.4 is 14.2 Å². The smallest absolute Gasteiger partial charge is 0.262 e. The highest BCUT2D eigenvalue weighted by Crippen LogP contribution is 2.37. The minimum atomic E-state index is -4.09. The maximum Gasteiger partial charge on any atom is 0.262 e. The summed E-state index contributed by atoms with van der Waals surface area (Å²) in [4.78, 5) is -0.0413. The van der Waals surface area contributed by atoms with Crippen LogP contribution in [-0.4, -0.2) is 29.2 Å². The van der Waals surface area contributed by atoms with Crippen molar-refractivity contribution in [2.45, 2.75) is 17.9 Å². The van der Waals surface area contributed by atoms with Crippen molar-refractivity contribution >= 4 is 15.7 Å². The lowest BCUT2D eigenvalue weighted by Crippen LogP contribution is -2.16. The number of methoxy groups -OCH3 is 2. The molecule has 0 bridgehead atoms. The first-order valence-electron chi connectivity index (χ1n) is 7.69. The molecule has 0 fully saturated rings. The van der Waals surface area contributed by atoms with Gasteiger partial charge in [-0.15, -0.1) is 0 Å². The molecule has 0 unspecified atom stereocenters. The van der Waals surface area contributed by atoms with Gasteiger partial charge in [0.2, 0.25) is 5.82 Å². The van der Waals surface area contributed by atoms with E-state index < -0.39 is 33.2 Å². The van der Waals surface area contributed by atoms with Crippen LogP contribution in [0, 0.1) is 11.6 Å². The molecule has 0 atom stereocenters. The van der Waals surface area contributed by atoms with Gasteiger partial charge in [-0.1, -0.05) is 6.07 Å². The van der Waals surface area contributed by atoms with E-state index in [4.69, 9.17) is 9.47 Å². The molecule has 0 aliphatic carbocycles. The third kappa shape index (κ3) is 3.32. The fraction of sp³-hybridized carbons (Fsp3) is 0.294. The number of sulfonamides is 1. The van der Waals surface area contributed by atoms with Crippen LogP contribution in [0.4, 0.5) is 14.5 Å². The molecule has 1 heterocycles. The molecule has 1 aliphatic heterocycles. The second kappa shape index (κ2) is 7.08. The second-order valence-electron chi connectivity index (χ2n) is 5.63. The lowest BCUT2D eigenvalue weighted by Gasteiger charge is -2.18. The molecule has 0 aromatic heterocycles. The van der Waals surface area contributed by atoms with Crippen molar-refractivity contribution in [1.82, 2.24) is 0 Å². The summed E-state index contributed by atoms with van der Waals surface area (Å²) >= 11 is 0. The van der Waals surface area contributed by atoms with Crippen LogP contribution in [0.5, 0.6) is 11.5 Å². The van der Waals surface area contributed by atoms with Gasteiger partial charge in [0.1, 0.15) is 0 Å². The fourth-order valence-electron chi connectivity index (χ4n) is 2.76. The van der Waals surface area contributed by atoms with Crippen molar-refractivity contribution in [2.75, 3.05) is 25.5 Å². The first-order valence-corrected chi connectivity index (χ1v) is 9.18. The summed E-state index contributed by atoms with van der Waals surface area (Å²) in [7, 11) is -1.85. The fourth-order valence-corrected chi connectivity index (χ4v) is 3.87. The maximum atomic E-state index is 14.3. The number of anilines is 1. The predicted octanol–water partition coefficient (Wildman–Crippen LogP) is 2.86. The highest BCUT2D eigenvalue weighted by Gasteiger charge is 2.25. The first-order chi connectivity index (χ1) is 12.4. The van der Waals surface area contributed by atoms with E-state index in [0.29, 0.717) is 19.6 Å². The molecule has 3 rings (SSSR count). The Labute approximate surface area is 149 Å². The monoisotopic (exact) mass is 385 g/mol. The van der Waals surface area contributed by atoms with E-state index in [1.54, 1.807) is 6.07 Å². The number of halogens is 2. The third-order valence-corrected chi connectivity index (χ3v) is 5.41. The molecule has 0 saturated carbocycles. The Balaban J connectivity index is 2.00. The SMILES string of the molecule is COc1c(F)cc(NS(=O)(=O)c2ccc3c(c2)COCC3)c(OC)c1F. The molecule has 0 amide bonds. The van der Waals surface area contributed by atoms with Gasteiger partial charge in [0.05, 0.1) is 38.0 Å². The van der Waals surface area contributed by atoms with E-state index in [2.05, 4.69) is 9.46 Å². The number of rotatable bonds is 5. The summed E-state index contributed by atoms with van der Waals surface area (Å²) in [6, 6.07) is 5.44. The van der Waals surface area contributed by atoms with Crippen molar-refractivity contribution in [1.29, 1.82) is 0 Å². The Morgan fingerprint density at radius 1 is 1.08 bits per heavy atom. The molecule has 26 heavy (non-hydrogen) atoms. The Kier molecular flexibility index (Phi) is 5.01. The van der Waals surface area contributed by atoms with Crippen molar-refractivity contribution in [3.05, 3.63) is 47.0 Å². The van der Waals surface area contributed by atoms with E-state index >= 15 is 0 Å². The van der Waals surface area contributed by atoms with Gasteiger partial charge in [-0.05, 0) is 29.7 Å². The Morgan fingerprint density at radius 3 is 2.50 bits per heavy atom. The quantitative estimate of drug-likeness (QED) is 0.857. The normalized spacial score (nSPS) is 13.8. The van der Waals surface area contributed by atoms with E-state index in [0.717, 1.165) is 31.4 Å². The lowest BCUT2D eigenvalue weighted by atomic mass is 10.0. The summed E-state index contributed by atoms with van der Waals surface area (Å²) in [5.41, 5.74) is 1.41. The van der Waals surface area contributed by atoms with Gasteiger partial charge >= 0.3 is 0 Å². The molecular formula is C17H17F2NO5S. The Morgan fingerprint density at radius 2 is 1.81 bits per heavy atom. The number of nitrogens with one attached hydrogen (secondary N) is 1. The average molecular weight is 385 g/mol. The van der Waals surface area contributed by atoms with Crippen molar-refractivity contribution in [2.24, 2.45) is 0 Å². The molecule has 1 aliphatic rings. The summed E-state index contributed by atoms with van der Waals surface area (Å²) in [6.45, 7) is 0.896. The zero-order chi connectivity index (χ0) is 18.9. The van der Waals surface area contributed by atoms with Gasteiger partial charge in [0, 0.05) is 6.07 Å². The van der Waals surface area contributed by atoms with Crippen LogP contribution in [0.15, 0.2) is 29.2 Å². The van der Waals surface area contributed by atoms with Crippen LogP contribution in [0.2, 0.25) is 0 Å². The van der Waals surface area contributed by atoms with E-state index in [1.165, 1.54) is 12.1 Å². The zero-order valence-corrected chi connectivity index (χ0v) is 15.0. The number of hydrogen-bond donors (Lipinski definition) is 1. The average Bonchev–Trinajstić information content (AvgIpc) is 2.61. The van der Waals surface area contributed by atoms with E-state index in [1.807, 2.05) is 0 Å². The number of fused-ring (bicyclic) bond motifs is 1. The van der Waals surface area contributed by atoms with Crippen molar-refractivity contribution in [3.63, 3.8) is 0 Å². The Bertz CT molecular complexity index is 947. The van der Waals surface area contributed by atoms with Crippen LogP contribution in [0.25, 0.3) is 0 Å². The maximum absolute atomic E-state index is 14.3. The van der Waals surface area contributed by atoms with Crippen LogP contribution in [0.3, 0.4) is 0 Å². The minimum Gasteiger partial charge on any atom is -0.491 e. The first kappa shape index (κ1) is 18.4. The van der Waals surface area contributed by atoms with Gasteiger partial charge in [-0.25, -0.2) is 12.8 Å². The number of hydrogen-bond acceptors (Lipinski definition) is 5. The highest BCUT2D eigenvalue weighted by molar-refractivity contribution is 7.92. The van der Waals surface area contributed by atoms with Gasteiger partial charge in [-0.3, -0.25) is 4.72 Å². The second-order valence-corrected chi connectivity index (χ2v) is 7.31. The van der Waals surface area contributed by atoms with Crippen LogP contribution in [-0.2, 0) is 27.8 Å². The molecule has 9 heteroatoms. The Hall–Kier alpha value is -2.39. The van der Waals surface area contributed by atoms with Crippen molar-refractivity contribution in [3.8, 4) is 11.5 Å².